The maximum absolute atomic E-state index is 4.95. The Labute approximate surface area is 72.9 Å². The van der Waals surface area contributed by atoms with Gasteiger partial charge in [0.1, 0.15) is 0 Å². The van der Waals surface area contributed by atoms with Crippen LogP contribution in [0.15, 0.2) is 18.3 Å². The summed E-state index contributed by atoms with van der Waals surface area (Å²) < 4.78 is 6.24. The third-order valence-electron chi connectivity index (χ3n) is 1.02. The number of nitrogens with zero attached hydrogens (tertiary/aromatic N) is 1. The van der Waals surface area contributed by atoms with E-state index in [0.717, 1.165) is 0 Å². The second kappa shape index (κ2) is 3.99. The minimum atomic E-state index is 0.475. The molecule has 0 atom stereocenters. The van der Waals surface area contributed by atoms with Gasteiger partial charge in [-0.05, 0) is 0 Å². The Balaban J connectivity index is 2.87. The van der Waals surface area contributed by atoms with Gasteiger partial charge in [-0.3, -0.25) is 0 Å². The van der Waals surface area contributed by atoms with Crippen molar-refractivity contribution in [3.8, 4) is 5.88 Å². The van der Waals surface area contributed by atoms with Gasteiger partial charge in [-0.1, -0.05) is 0 Å². The summed E-state index contributed by atoms with van der Waals surface area (Å²) in [5.74, 6) is 0.699. The Kier molecular flexibility index (Phi) is 3.23. The summed E-state index contributed by atoms with van der Waals surface area (Å²) in [4.78, 5) is 3.99. The average molecular weight is 267 g/mol. The van der Waals surface area contributed by atoms with Gasteiger partial charge < -0.3 is 0 Å². The van der Waals surface area contributed by atoms with Gasteiger partial charge in [0.05, 0.1) is 0 Å². The van der Waals surface area contributed by atoms with Crippen LogP contribution in [0.4, 0.5) is 0 Å². The topological polar surface area (TPSA) is 22.1 Å². The van der Waals surface area contributed by atoms with Crippen LogP contribution < -0.4 is 9.20 Å². The fraction of sp³-hybridized carbons (Fsp3) is 0.167. The molecule has 0 aliphatic heterocycles. The number of methoxy groups -OCH3 is 1. The summed E-state index contributed by atoms with van der Waals surface area (Å²) in [6, 6.07) is 3.96. The molecule has 0 aromatic carbocycles. The van der Waals surface area contributed by atoms with Gasteiger partial charge in [-0.25, -0.2) is 0 Å². The van der Waals surface area contributed by atoms with Crippen LogP contribution in [0.1, 0.15) is 0 Å². The zero-order valence-corrected chi connectivity index (χ0v) is 9.03. The Morgan fingerprint density at radius 1 is 1.70 bits per heavy atom. The van der Waals surface area contributed by atoms with E-state index in [1.54, 1.807) is 13.3 Å². The molecule has 1 aromatic rings. The molecule has 0 amide bonds. The van der Waals surface area contributed by atoms with E-state index >= 15 is 0 Å². The van der Waals surface area contributed by atoms with Crippen molar-refractivity contribution in [2.75, 3.05) is 7.11 Å². The van der Waals surface area contributed by atoms with Crippen molar-refractivity contribution in [2.45, 2.75) is 0 Å². The molecule has 1 aromatic heterocycles. The van der Waals surface area contributed by atoms with Crippen molar-refractivity contribution in [3.05, 3.63) is 18.3 Å². The molecule has 2 nitrogen and oxygen atoms in total. The van der Waals surface area contributed by atoms with Crippen LogP contribution in [0.2, 0.25) is 0 Å². The monoisotopic (exact) mass is 269 g/mol. The van der Waals surface area contributed by atoms with Crippen molar-refractivity contribution in [1.82, 2.24) is 4.98 Å². The quantitative estimate of drug-likeness (QED) is 0.657. The normalized spacial score (nSPS) is 9.40. The number of hydrogen-bond acceptors (Lipinski definition) is 2. The van der Waals surface area contributed by atoms with Gasteiger partial charge >= 0.3 is 72.8 Å². The van der Waals surface area contributed by atoms with E-state index in [-0.39, 0.29) is 0 Å². The van der Waals surface area contributed by atoms with E-state index in [1.807, 2.05) is 12.1 Å². The number of aromatic nitrogens is 1. The van der Waals surface area contributed by atoms with Crippen molar-refractivity contribution >= 4 is 31.8 Å². The van der Waals surface area contributed by atoms with Crippen LogP contribution in [0.25, 0.3) is 0 Å². The molecule has 0 saturated heterocycles. The number of pyridine rings is 1. The van der Waals surface area contributed by atoms with Crippen LogP contribution in [0.3, 0.4) is 0 Å². The molecule has 0 spiro atoms. The van der Waals surface area contributed by atoms with E-state index in [0.29, 0.717) is 19.0 Å². The van der Waals surface area contributed by atoms with E-state index in [9.17, 15) is 0 Å². The molecular formula is C6H7NOSe2. The van der Waals surface area contributed by atoms with Crippen LogP contribution >= 0.6 is 0 Å². The predicted octanol–water partition coefficient (Wildman–Crippen LogP) is -0.765. The third kappa shape index (κ3) is 1.99. The molecular weight excluding hydrogens is 260 g/mol. The van der Waals surface area contributed by atoms with Gasteiger partial charge in [0, 0.05) is 0 Å². The summed E-state index contributed by atoms with van der Waals surface area (Å²) in [6.07, 6.45) is 1.77. The summed E-state index contributed by atoms with van der Waals surface area (Å²) in [6.45, 7) is 0. The molecule has 0 aliphatic carbocycles. The van der Waals surface area contributed by atoms with Gasteiger partial charge in [0.15, 0.2) is 0 Å². The fourth-order valence-corrected chi connectivity index (χ4v) is 2.38. The van der Waals surface area contributed by atoms with Crippen molar-refractivity contribution < 1.29 is 4.74 Å². The molecule has 10 heavy (non-hydrogen) atoms. The van der Waals surface area contributed by atoms with Crippen molar-refractivity contribution in [1.29, 1.82) is 0 Å². The van der Waals surface area contributed by atoms with Crippen LogP contribution in [0, 0.1) is 0 Å². The molecule has 1 heterocycles. The summed E-state index contributed by atoms with van der Waals surface area (Å²) in [5.41, 5.74) is 0. The SMILES string of the molecule is COc1cc([Se][SeH])ccn1. The molecule has 0 N–H and O–H groups in total. The number of rotatable bonds is 2. The average Bonchev–Trinajstić information content (AvgIpc) is 2.05. The van der Waals surface area contributed by atoms with E-state index in [2.05, 4.69) is 19.2 Å². The minimum absolute atomic E-state index is 0.475. The molecule has 54 valence electrons. The van der Waals surface area contributed by atoms with Gasteiger partial charge in [-0.2, -0.15) is 0 Å². The van der Waals surface area contributed by atoms with Gasteiger partial charge in [-0.15, -0.1) is 0 Å². The zero-order chi connectivity index (χ0) is 7.40. The van der Waals surface area contributed by atoms with E-state index in [4.69, 9.17) is 4.74 Å². The fourth-order valence-electron chi connectivity index (χ4n) is 0.560. The van der Waals surface area contributed by atoms with Gasteiger partial charge in [0.25, 0.3) is 0 Å². The predicted molar refractivity (Wildman–Crippen MR) is 43.3 cm³/mol. The first-order valence-electron chi connectivity index (χ1n) is 2.68. The zero-order valence-electron chi connectivity index (χ0n) is 5.44. The third-order valence-corrected chi connectivity index (χ3v) is 4.29. The van der Waals surface area contributed by atoms with Gasteiger partial charge in [0.2, 0.25) is 0 Å². The molecule has 0 saturated carbocycles. The Bertz CT molecular complexity index is 197. The van der Waals surface area contributed by atoms with Crippen LogP contribution in [-0.4, -0.2) is 39.4 Å². The van der Waals surface area contributed by atoms with Crippen molar-refractivity contribution in [3.63, 3.8) is 0 Å². The molecule has 0 aliphatic rings. The Hall–Kier alpha value is -0.0110. The molecule has 0 unspecified atom stereocenters. The molecule has 4 heteroatoms. The second-order valence-corrected chi connectivity index (χ2v) is 4.99. The summed E-state index contributed by atoms with van der Waals surface area (Å²) in [5, 5.41) is 0. The first-order chi connectivity index (χ1) is 4.86. The van der Waals surface area contributed by atoms with Crippen LogP contribution in [-0.2, 0) is 0 Å². The molecule has 0 fully saturated rings. The molecule has 0 radical (unpaired) electrons. The molecule has 0 bridgehead atoms. The standard InChI is InChI=1S/C6H7NOSe2/c1-8-6-4-5(10-9)2-3-7-6/h2-4,9H,1H3. The second-order valence-electron chi connectivity index (χ2n) is 1.63. The van der Waals surface area contributed by atoms with Crippen molar-refractivity contribution in [2.24, 2.45) is 0 Å². The first kappa shape index (κ1) is 8.09. The Morgan fingerprint density at radius 3 is 3.10 bits per heavy atom. The number of hydrogen-bond donors (Lipinski definition) is 0. The summed E-state index contributed by atoms with van der Waals surface area (Å²) >= 11 is 3.05. The summed E-state index contributed by atoms with van der Waals surface area (Å²) in [7, 11) is 1.63. The van der Waals surface area contributed by atoms with Crippen LogP contribution in [0.5, 0.6) is 5.88 Å². The van der Waals surface area contributed by atoms with E-state index < -0.39 is 0 Å². The Morgan fingerprint density at radius 2 is 2.50 bits per heavy atom. The maximum atomic E-state index is 4.95. The van der Waals surface area contributed by atoms with E-state index in [1.165, 1.54) is 4.46 Å². The first-order valence-corrected chi connectivity index (χ1v) is 8.28. The molecule has 1 rings (SSSR count). The number of ether oxygens (including phenoxy) is 1.